The molecule has 4 aromatic heterocycles. The summed E-state index contributed by atoms with van der Waals surface area (Å²) in [5, 5.41) is 14.5. The van der Waals surface area contributed by atoms with Crippen molar-refractivity contribution in [3.63, 3.8) is 0 Å². The fourth-order valence-electron chi connectivity index (χ4n) is 5.50. The van der Waals surface area contributed by atoms with E-state index in [9.17, 15) is 0 Å². The number of hydrogen-bond donors (Lipinski definition) is 0. The van der Waals surface area contributed by atoms with Crippen molar-refractivity contribution >= 4 is 32.6 Å². The lowest BCUT2D eigenvalue weighted by atomic mass is 9.97. The number of hydrogen-bond acceptors (Lipinski definition) is 2. The second-order valence-corrected chi connectivity index (χ2v) is 9.69. The van der Waals surface area contributed by atoms with E-state index in [1.807, 2.05) is 21.3 Å². The first-order valence-electron chi connectivity index (χ1n) is 12.8. The van der Waals surface area contributed by atoms with Crippen LogP contribution in [0.2, 0.25) is 0 Å². The molecule has 0 amide bonds. The average molecular weight is 487 g/mol. The van der Waals surface area contributed by atoms with Gasteiger partial charge in [0.05, 0.1) is 17.2 Å². The second kappa shape index (κ2) is 8.15. The first-order chi connectivity index (χ1) is 18.8. The van der Waals surface area contributed by atoms with Gasteiger partial charge in [-0.15, -0.1) is 0 Å². The van der Waals surface area contributed by atoms with Crippen molar-refractivity contribution in [2.24, 2.45) is 0 Å². The van der Waals surface area contributed by atoms with Gasteiger partial charge in [0, 0.05) is 39.9 Å². The van der Waals surface area contributed by atoms with Crippen molar-refractivity contribution in [3.05, 3.63) is 134 Å². The van der Waals surface area contributed by atoms with Crippen molar-refractivity contribution in [1.29, 1.82) is 0 Å². The topological polar surface area (TPSA) is 34.6 Å². The Labute approximate surface area is 219 Å². The van der Waals surface area contributed by atoms with Crippen molar-refractivity contribution in [2.45, 2.75) is 0 Å². The molecule has 0 saturated heterocycles. The van der Waals surface area contributed by atoms with Gasteiger partial charge in [0.25, 0.3) is 0 Å². The lowest BCUT2D eigenvalue weighted by molar-refractivity contribution is 0.970. The molecule has 8 rings (SSSR count). The van der Waals surface area contributed by atoms with Crippen LogP contribution in [-0.2, 0) is 0 Å². The summed E-state index contributed by atoms with van der Waals surface area (Å²) in [5.74, 6) is 0. The maximum atomic E-state index is 5.05. The SMILES string of the molecule is c1ccc(-c2nn3cc4ccccc4cc3c2-c2ccc(-c3cnn4cc5ccccc5cc34)cc2)cc1. The van der Waals surface area contributed by atoms with Gasteiger partial charge in [-0.25, -0.2) is 9.03 Å². The molecule has 4 heterocycles. The highest BCUT2D eigenvalue weighted by atomic mass is 15.2. The largest absolute Gasteiger partial charge is 0.240 e. The fraction of sp³-hybridized carbons (Fsp3) is 0. The van der Waals surface area contributed by atoms with E-state index in [0.29, 0.717) is 0 Å². The van der Waals surface area contributed by atoms with Gasteiger partial charge in [0.15, 0.2) is 0 Å². The monoisotopic (exact) mass is 486 g/mol. The van der Waals surface area contributed by atoms with Gasteiger partial charge in [0.1, 0.15) is 5.69 Å². The lowest BCUT2D eigenvalue weighted by Gasteiger charge is -2.07. The minimum atomic E-state index is 0.983. The van der Waals surface area contributed by atoms with Gasteiger partial charge in [-0.2, -0.15) is 10.2 Å². The van der Waals surface area contributed by atoms with Crippen LogP contribution in [0.25, 0.3) is 66.1 Å². The van der Waals surface area contributed by atoms with E-state index in [1.165, 1.54) is 21.5 Å². The van der Waals surface area contributed by atoms with Crippen LogP contribution in [0.3, 0.4) is 0 Å². The minimum Gasteiger partial charge on any atom is -0.240 e. The Kier molecular flexibility index (Phi) is 4.49. The highest BCUT2D eigenvalue weighted by Crippen LogP contribution is 2.37. The lowest BCUT2D eigenvalue weighted by Crippen LogP contribution is -1.87. The molecule has 0 N–H and O–H groups in total. The van der Waals surface area contributed by atoms with E-state index in [1.54, 1.807) is 0 Å². The van der Waals surface area contributed by atoms with E-state index in [0.717, 1.165) is 44.5 Å². The number of pyridine rings is 2. The maximum absolute atomic E-state index is 5.05. The highest BCUT2D eigenvalue weighted by Gasteiger charge is 2.18. The molecular weight excluding hydrogens is 464 g/mol. The van der Waals surface area contributed by atoms with Gasteiger partial charge in [0.2, 0.25) is 0 Å². The van der Waals surface area contributed by atoms with E-state index in [2.05, 4.69) is 127 Å². The van der Waals surface area contributed by atoms with E-state index in [-0.39, 0.29) is 0 Å². The molecule has 38 heavy (non-hydrogen) atoms. The van der Waals surface area contributed by atoms with E-state index < -0.39 is 0 Å². The quantitative estimate of drug-likeness (QED) is 0.252. The first kappa shape index (κ1) is 20.9. The van der Waals surface area contributed by atoms with Crippen LogP contribution in [0.5, 0.6) is 0 Å². The van der Waals surface area contributed by atoms with E-state index in [4.69, 9.17) is 5.10 Å². The molecule has 8 aromatic rings. The zero-order valence-electron chi connectivity index (χ0n) is 20.5. The van der Waals surface area contributed by atoms with Crippen LogP contribution in [0, 0.1) is 0 Å². The summed E-state index contributed by atoms with van der Waals surface area (Å²) >= 11 is 0. The number of rotatable bonds is 3. The molecule has 0 unspecified atom stereocenters. The summed E-state index contributed by atoms with van der Waals surface area (Å²) in [6.07, 6.45) is 6.18. The summed E-state index contributed by atoms with van der Waals surface area (Å²) in [6.45, 7) is 0. The Morgan fingerprint density at radius 2 is 1.05 bits per heavy atom. The Bertz CT molecular complexity index is 2120. The zero-order chi connectivity index (χ0) is 25.1. The molecular formula is C34H22N4. The molecule has 0 fully saturated rings. The third kappa shape index (κ3) is 3.24. The molecule has 0 saturated carbocycles. The molecule has 0 bridgehead atoms. The molecule has 0 aliphatic heterocycles. The van der Waals surface area contributed by atoms with Crippen LogP contribution in [0.15, 0.2) is 134 Å². The predicted octanol–water partition coefficient (Wildman–Crippen LogP) is 8.29. The standard InChI is InChI=1S/C34H22N4/c1-2-8-25(9-3-1)34-33(32-19-27-11-5-7-13-29(27)22-38(32)36-34)24-16-14-23(15-17-24)30-20-35-37-21-28-12-6-4-10-26(28)18-31(30)37/h1-22H. The summed E-state index contributed by atoms with van der Waals surface area (Å²) in [5.41, 5.74) is 8.82. The van der Waals surface area contributed by atoms with Gasteiger partial charge < -0.3 is 0 Å². The van der Waals surface area contributed by atoms with Gasteiger partial charge in [-0.3, -0.25) is 0 Å². The smallest absolute Gasteiger partial charge is 0.101 e. The predicted molar refractivity (Wildman–Crippen MR) is 155 cm³/mol. The molecule has 4 nitrogen and oxygen atoms in total. The van der Waals surface area contributed by atoms with Crippen LogP contribution < -0.4 is 0 Å². The fourth-order valence-corrected chi connectivity index (χ4v) is 5.50. The Hall–Kier alpha value is -5.22. The zero-order valence-corrected chi connectivity index (χ0v) is 20.5. The maximum Gasteiger partial charge on any atom is 0.101 e. The number of nitrogens with zero attached hydrogens (tertiary/aromatic N) is 4. The number of fused-ring (bicyclic) bond motifs is 4. The molecule has 0 aliphatic rings. The van der Waals surface area contributed by atoms with Crippen LogP contribution in [-0.4, -0.2) is 19.2 Å². The molecule has 0 radical (unpaired) electrons. The van der Waals surface area contributed by atoms with Crippen LogP contribution >= 0.6 is 0 Å². The second-order valence-electron chi connectivity index (χ2n) is 9.69. The van der Waals surface area contributed by atoms with Gasteiger partial charge in [-0.1, -0.05) is 103 Å². The molecule has 4 aromatic carbocycles. The Balaban J connectivity index is 1.30. The summed E-state index contributed by atoms with van der Waals surface area (Å²) < 4.78 is 3.99. The van der Waals surface area contributed by atoms with Gasteiger partial charge >= 0.3 is 0 Å². The van der Waals surface area contributed by atoms with Crippen molar-refractivity contribution in [3.8, 4) is 33.5 Å². The first-order valence-corrected chi connectivity index (χ1v) is 12.8. The third-order valence-electron chi connectivity index (χ3n) is 7.41. The Morgan fingerprint density at radius 1 is 0.474 bits per heavy atom. The van der Waals surface area contributed by atoms with Crippen LogP contribution in [0.4, 0.5) is 0 Å². The summed E-state index contributed by atoms with van der Waals surface area (Å²) in [7, 11) is 0. The number of benzene rings is 4. The molecule has 0 spiro atoms. The molecule has 0 atom stereocenters. The average Bonchev–Trinajstić information content (AvgIpc) is 3.56. The highest BCUT2D eigenvalue weighted by molar-refractivity contribution is 5.98. The third-order valence-corrected chi connectivity index (χ3v) is 7.41. The van der Waals surface area contributed by atoms with Crippen LogP contribution in [0.1, 0.15) is 0 Å². The summed E-state index contributed by atoms with van der Waals surface area (Å²) in [4.78, 5) is 0. The molecule has 4 heteroatoms. The van der Waals surface area contributed by atoms with Crippen molar-refractivity contribution in [1.82, 2.24) is 19.2 Å². The number of aromatic nitrogens is 4. The molecule has 178 valence electrons. The molecule has 0 aliphatic carbocycles. The summed E-state index contributed by atoms with van der Waals surface area (Å²) in [6, 6.07) is 40.5. The normalized spacial score (nSPS) is 11.7. The van der Waals surface area contributed by atoms with Crippen molar-refractivity contribution in [2.75, 3.05) is 0 Å². The van der Waals surface area contributed by atoms with Gasteiger partial charge in [-0.05, 0) is 34.0 Å². The Morgan fingerprint density at radius 3 is 1.76 bits per heavy atom. The minimum absolute atomic E-state index is 0.983. The van der Waals surface area contributed by atoms with E-state index >= 15 is 0 Å². The van der Waals surface area contributed by atoms with Crippen molar-refractivity contribution < 1.29 is 0 Å².